The maximum atomic E-state index is 14.0. The molecule has 1 aliphatic rings. The molecule has 1 aromatic carbocycles. The second-order valence-electron chi connectivity index (χ2n) is 5.35. The third-order valence-corrected chi connectivity index (χ3v) is 3.83. The van der Waals surface area contributed by atoms with E-state index in [-0.39, 0.29) is 5.56 Å². The number of halogens is 2. The topological polar surface area (TPSA) is 47.8 Å². The van der Waals surface area contributed by atoms with E-state index in [1.165, 1.54) is 30.3 Å². The number of hydrogen-bond donors (Lipinski definition) is 0. The molecule has 1 fully saturated rings. The van der Waals surface area contributed by atoms with Gasteiger partial charge in [0.15, 0.2) is 0 Å². The predicted molar refractivity (Wildman–Crippen MR) is 77.3 cm³/mol. The van der Waals surface area contributed by atoms with Gasteiger partial charge in [-0.3, -0.25) is 4.79 Å². The van der Waals surface area contributed by atoms with E-state index >= 15 is 0 Å². The number of aromatic nitrogens is 3. The summed E-state index contributed by atoms with van der Waals surface area (Å²) in [4.78, 5) is 11.8. The highest BCUT2D eigenvalue weighted by molar-refractivity contribution is 5.99. The molecule has 0 radical (unpaired) electrons. The molecule has 1 aromatic heterocycles. The Hall–Kier alpha value is -2.37. The van der Waals surface area contributed by atoms with Crippen molar-refractivity contribution in [2.45, 2.75) is 31.2 Å². The molecule has 3 rings (SSSR count). The second-order valence-corrected chi connectivity index (χ2v) is 5.35. The van der Waals surface area contributed by atoms with Gasteiger partial charge in [-0.2, -0.15) is 8.78 Å². The van der Waals surface area contributed by atoms with Gasteiger partial charge < -0.3 is 0 Å². The van der Waals surface area contributed by atoms with E-state index in [2.05, 4.69) is 10.3 Å². The maximum Gasteiger partial charge on any atom is 0.334 e. The lowest BCUT2D eigenvalue weighted by molar-refractivity contribution is -0.138. The molecule has 0 N–H and O–H groups in total. The summed E-state index contributed by atoms with van der Waals surface area (Å²) in [6.07, 6.45) is 7.09. The van der Waals surface area contributed by atoms with Gasteiger partial charge in [-0.25, -0.2) is 4.68 Å². The Balaban J connectivity index is 1.71. The zero-order chi connectivity index (χ0) is 15.6. The smallest absolute Gasteiger partial charge is 0.288 e. The van der Waals surface area contributed by atoms with E-state index in [0.29, 0.717) is 11.7 Å². The largest absolute Gasteiger partial charge is 0.334 e. The molecule has 0 spiro atoms. The summed E-state index contributed by atoms with van der Waals surface area (Å²) in [5.41, 5.74) is 0.0897. The van der Waals surface area contributed by atoms with Crippen molar-refractivity contribution in [3.63, 3.8) is 0 Å². The molecule has 1 aliphatic carbocycles. The summed E-state index contributed by atoms with van der Waals surface area (Å²) in [7, 11) is 0. The third kappa shape index (κ3) is 2.81. The monoisotopic (exact) mass is 303 g/mol. The summed E-state index contributed by atoms with van der Waals surface area (Å²) in [6.45, 7) is 0. The SMILES string of the molecule is O=C(C=Cc1cn(C2CCC2)nn1)C(F)(F)c1ccccc1. The summed E-state index contributed by atoms with van der Waals surface area (Å²) >= 11 is 0. The molecule has 22 heavy (non-hydrogen) atoms. The van der Waals surface area contributed by atoms with Crippen LogP contribution >= 0.6 is 0 Å². The van der Waals surface area contributed by atoms with Gasteiger partial charge >= 0.3 is 5.92 Å². The van der Waals surface area contributed by atoms with Crippen LogP contribution in [0.4, 0.5) is 8.78 Å². The Morgan fingerprint density at radius 3 is 2.64 bits per heavy atom. The lowest BCUT2D eigenvalue weighted by atomic mass is 9.93. The van der Waals surface area contributed by atoms with Gasteiger partial charge in [-0.05, 0) is 31.4 Å². The van der Waals surface area contributed by atoms with Crippen LogP contribution < -0.4 is 0 Å². The molecule has 0 amide bonds. The normalized spacial score (nSPS) is 15.9. The fourth-order valence-corrected chi connectivity index (χ4v) is 2.25. The van der Waals surface area contributed by atoms with Crippen molar-refractivity contribution in [3.05, 3.63) is 53.9 Å². The molecule has 0 saturated heterocycles. The van der Waals surface area contributed by atoms with E-state index in [1.807, 2.05) is 0 Å². The zero-order valence-corrected chi connectivity index (χ0v) is 11.8. The van der Waals surface area contributed by atoms with Gasteiger partial charge in [0, 0.05) is 5.56 Å². The standard InChI is InChI=1S/C16H15F2N3O/c17-16(18,12-5-2-1-3-6-12)15(22)10-9-13-11-21(20-19-13)14-7-4-8-14/h1-3,5-6,9-11,14H,4,7-8H2. The average molecular weight is 303 g/mol. The minimum Gasteiger partial charge on any atom is -0.288 e. The van der Waals surface area contributed by atoms with E-state index < -0.39 is 11.7 Å². The van der Waals surface area contributed by atoms with Crippen molar-refractivity contribution in [2.75, 3.05) is 0 Å². The van der Waals surface area contributed by atoms with E-state index in [1.54, 1.807) is 16.9 Å². The van der Waals surface area contributed by atoms with Crippen LogP contribution in [0.5, 0.6) is 0 Å². The number of ketones is 1. The molecule has 1 heterocycles. The van der Waals surface area contributed by atoms with Crippen LogP contribution in [0, 0.1) is 0 Å². The van der Waals surface area contributed by atoms with E-state index in [0.717, 1.165) is 25.3 Å². The van der Waals surface area contributed by atoms with Crippen molar-refractivity contribution in [3.8, 4) is 0 Å². The van der Waals surface area contributed by atoms with E-state index in [4.69, 9.17) is 0 Å². The summed E-state index contributed by atoms with van der Waals surface area (Å²) < 4.78 is 29.7. The quantitative estimate of drug-likeness (QED) is 0.796. The minimum atomic E-state index is -3.54. The molecule has 4 nitrogen and oxygen atoms in total. The number of hydrogen-bond acceptors (Lipinski definition) is 3. The number of carbonyl (C=O) groups excluding carboxylic acids is 1. The Labute approximate surface area is 126 Å². The predicted octanol–water partition coefficient (Wildman–Crippen LogP) is 3.38. The van der Waals surface area contributed by atoms with Gasteiger partial charge in [-0.1, -0.05) is 35.5 Å². The number of allylic oxidation sites excluding steroid dienone is 1. The van der Waals surface area contributed by atoms with Gasteiger partial charge in [0.05, 0.1) is 12.2 Å². The highest BCUT2D eigenvalue weighted by atomic mass is 19.3. The molecular weight excluding hydrogens is 288 g/mol. The number of benzene rings is 1. The zero-order valence-electron chi connectivity index (χ0n) is 11.8. The highest BCUT2D eigenvalue weighted by Gasteiger charge is 2.38. The Bertz CT molecular complexity index is 690. The first-order chi connectivity index (χ1) is 10.6. The van der Waals surface area contributed by atoms with Gasteiger partial charge in [-0.15, -0.1) is 5.10 Å². The summed E-state index contributed by atoms with van der Waals surface area (Å²) in [6, 6.07) is 7.39. The van der Waals surface area contributed by atoms with Gasteiger partial charge in [0.25, 0.3) is 0 Å². The molecule has 6 heteroatoms. The maximum absolute atomic E-state index is 14.0. The van der Waals surface area contributed by atoms with Crippen molar-refractivity contribution >= 4 is 11.9 Å². The fraction of sp³-hybridized carbons (Fsp3) is 0.312. The molecule has 0 bridgehead atoms. The molecule has 114 valence electrons. The molecule has 0 unspecified atom stereocenters. The molecule has 2 aromatic rings. The van der Waals surface area contributed by atoms with Crippen LogP contribution in [0.2, 0.25) is 0 Å². The lowest BCUT2D eigenvalue weighted by Crippen LogP contribution is -2.23. The van der Waals surface area contributed by atoms with Crippen molar-refractivity contribution in [2.24, 2.45) is 0 Å². The number of alkyl halides is 2. The Morgan fingerprint density at radius 1 is 1.27 bits per heavy atom. The number of carbonyl (C=O) groups is 1. The van der Waals surface area contributed by atoms with Crippen molar-refractivity contribution in [1.82, 2.24) is 15.0 Å². The van der Waals surface area contributed by atoms with Crippen LogP contribution in [-0.4, -0.2) is 20.8 Å². The van der Waals surface area contributed by atoms with E-state index in [9.17, 15) is 13.6 Å². The minimum absolute atomic E-state index is 0.317. The average Bonchev–Trinajstić information content (AvgIpc) is 2.92. The number of nitrogens with zero attached hydrogens (tertiary/aromatic N) is 3. The first kappa shape index (κ1) is 14.6. The molecular formula is C16H15F2N3O. The van der Waals surface area contributed by atoms with Crippen LogP contribution in [0.1, 0.15) is 36.6 Å². The molecule has 0 aliphatic heterocycles. The van der Waals surface area contributed by atoms with Crippen LogP contribution in [-0.2, 0) is 10.7 Å². The molecule has 1 saturated carbocycles. The Kier molecular flexibility index (Phi) is 3.83. The van der Waals surface area contributed by atoms with Gasteiger partial charge in [0.1, 0.15) is 5.69 Å². The Morgan fingerprint density at radius 2 is 2.00 bits per heavy atom. The van der Waals surface area contributed by atoms with Crippen LogP contribution in [0.15, 0.2) is 42.6 Å². The lowest BCUT2D eigenvalue weighted by Gasteiger charge is -2.24. The number of rotatable bonds is 5. The first-order valence-corrected chi connectivity index (χ1v) is 7.15. The second kappa shape index (κ2) is 5.79. The summed E-state index contributed by atoms with van der Waals surface area (Å²) in [5, 5.41) is 7.83. The van der Waals surface area contributed by atoms with Crippen molar-refractivity contribution < 1.29 is 13.6 Å². The first-order valence-electron chi connectivity index (χ1n) is 7.15. The highest BCUT2D eigenvalue weighted by Crippen LogP contribution is 2.31. The fourth-order valence-electron chi connectivity index (χ4n) is 2.25. The van der Waals surface area contributed by atoms with Gasteiger partial charge in [0.2, 0.25) is 5.78 Å². The molecule has 0 atom stereocenters. The third-order valence-electron chi connectivity index (χ3n) is 3.83. The summed E-state index contributed by atoms with van der Waals surface area (Å²) in [5.74, 6) is -4.81. The van der Waals surface area contributed by atoms with Crippen molar-refractivity contribution in [1.29, 1.82) is 0 Å². The van der Waals surface area contributed by atoms with Crippen LogP contribution in [0.3, 0.4) is 0 Å². The van der Waals surface area contributed by atoms with Crippen LogP contribution in [0.25, 0.3) is 6.08 Å².